The Morgan fingerprint density at radius 3 is 2.59 bits per heavy atom. The number of carboxylic acid groups (broad SMARTS) is 1. The molecule has 3 aromatic carbocycles. The van der Waals surface area contributed by atoms with E-state index in [4.69, 9.17) is 14.4 Å². The van der Waals surface area contributed by atoms with E-state index < -0.39 is 5.97 Å². The highest BCUT2D eigenvalue weighted by Gasteiger charge is 2.16. The number of carboxylic acids is 1. The second kappa shape index (κ2) is 12.4. The first-order valence-electron chi connectivity index (χ1n) is 13.0. The third-order valence-corrected chi connectivity index (χ3v) is 6.62. The number of fused-ring (bicyclic) bond motifs is 1. The van der Waals surface area contributed by atoms with Crippen molar-refractivity contribution in [3.8, 4) is 5.75 Å². The summed E-state index contributed by atoms with van der Waals surface area (Å²) < 4.78 is 12.1. The van der Waals surface area contributed by atoms with Gasteiger partial charge in [-0.3, -0.25) is 4.79 Å². The Labute approximate surface area is 218 Å². The van der Waals surface area contributed by atoms with Crippen LogP contribution in [0.25, 0.3) is 17.0 Å². The molecule has 0 fully saturated rings. The Bertz CT molecular complexity index is 1380. The van der Waals surface area contributed by atoms with Crippen LogP contribution >= 0.6 is 0 Å². The minimum Gasteiger partial charge on any atom is -0.493 e. The first-order valence-corrected chi connectivity index (χ1v) is 13.0. The van der Waals surface area contributed by atoms with Gasteiger partial charge in [-0.1, -0.05) is 78.7 Å². The molecule has 0 atom stereocenters. The number of aryl methyl sites for hydroxylation is 4. The Hall–Kier alpha value is -3.86. The average molecular weight is 498 g/mol. The zero-order valence-corrected chi connectivity index (χ0v) is 21.9. The van der Waals surface area contributed by atoms with Gasteiger partial charge in [-0.2, -0.15) is 0 Å². The molecule has 0 aliphatic rings. The topological polar surface area (TPSA) is 72.6 Å². The molecule has 0 saturated heterocycles. The minimum absolute atomic E-state index is 0.0293. The molecule has 0 aliphatic carbocycles. The minimum atomic E-state index is -0.821. The van der Waals surface area contributed by atoms with Crippen LogP contribution in [-0.2, 0) is 30.5 Å². The SMILES string of the molecule is CCCc1c(OCC/C(C)=C/c2cc(CC(=O)O)ccc2C)ccc2c(CCc3ccccc3)noc12. The smallest absolute Gasteiger partial charge is 0.307 e. The molecule has 0 amide bonds. The highest BCUT2D eigenvalue weighted by atomic mass is 16.5. The third-order valence-electron chi connectivity index (χ3n) is 6.62. The first-order chi connectivity index (χ1) is 17.9. The number of ether oxygens (including phenoxy) is 1. The van der Waals surface area contributed by atoms with Crippen LogP contribution in [0.4, 0.5) is 0 Å². The predicted octanol–water partition coefficient (Wildman–Crippen LogP) is 7.37. The van der Waals surface area contributed by atoms with E-state index in [-0.39, 0.29) is 6.42 Å². The molecule has 4 aromatic rings. The number of aromatic nitrogens is 1. The Morgan fingerprint density at radius 1 is 1.03 bits per heavy atom. The molecular formula is C32H35NO4. The number of hydrogen-bond donors (Lipinski definition) is 1. The largest absolute Gasteiger partial charge is 0.493 e. The maximum atomic E-state index is 11.1. The van der Waals surface area contributed by atoms with Crippen molar-refractivity contribution < 1.29 is 19.2 Å². The van der Waals surface area contributed by atoms with Crippen molar-refractivity contribution in [1.82, 2.24) is 5.16 Å². The van der Waals surface area contributed by atoms with Crippen LogP contribution in [0, 0.1) is 6.92 Å². The number of nitrogens with zero attached hydrogens (tertiary/aromatic N) is 1. The van der Waals surface area contributed by atoms with E-state index in [0.29, 0.717) is 6.61 Å². The lowest BCUT2D eigenvalue weighted by molar-refractivity contribution is -0.136. The molecule has 0 saturated carbocycles. The van der Waals surface area contributed by atoms with Gasteiger partial charge in [0, 0.05) is 17.4 Å². The summed E-state index contributed by atoms with van der Waals surface area (Å²) in [6.07, 6.45) is 6.53. The molecule has 1 heterocycles. The fraction of sp³-hybridized carbons (Fsp3) is 0.312. The van der Waals surface area contributed by atoms with Crippen molar-refractivity contribution in [2.45, 2.75) is 59.3 Å². The van der Waals surface area contributed by atoms with Crippen LogP contribution in [0.5, 0.6) is 5.75 Å². The molecular weight excluding hydrogens is 462 g/mol. The lowest BCUT2D eigenvalue weighted by Gasteiger charge is -2.12. The van der Waals surface area contributed by atoms with Crippen molar-refractivity contribution in [3.63, 3.8) is 0 Å². The number of benzene rings is 3. The van der Waals surface area contributed by atoms with Gasteiger partial charge in [0.1, 0.15) is 5.75 Å². The van der Waals surface area contributed by atoms with Crippen LogP contribution < -0.4 is 4.74 Å². The van der Waals surface area contributed by atoms with E-state index in [0.717, 1.165) is 76.8 Å². The monoisotopic (exact) mass is 497 g/mol. The maximum Gasteiger partial charge on any atom is 0.307 e. The van der Waals surface area contributed by atoms with Crippen molar-refractivity contribution in [2.24, 2.45) is 0 Å². The van der Waals surface area contributed by atoms with Crippen molar-refractivity contribution in [3.05, 3.63) is 99.7 Å². The van der Waals surface area contributed by atoms with Crippen LogP contribution in [-0.4, -0.2) is 22.8 Å². The molecule has 37 heavy (non-hydrogen) atoms. The number of rotatable bonds is 12. The number of hydrogen-bond acceptors (Lipinski definition) is 4. The summed E-state index contributed by atoms with van der Waals surface area (Å²) in [7, 11) is 0. The van der Waals surface area contributed by atoms with E-state index in [2.05, 4.69) is 61.5 Å². The summed E-state index contributed by atoms with van der Waals surface area (Å²) in [4.78, 5) is 11.1. The molecule has 0 bridgehead atoms. The lowest BCUT2D eigenvalue weighted by atomic mass is 10.0. The normalized spacial score (nSPS) is 11.7. The third kappa shape index (κ3) is 6.88. The first kappa shape index (κ1) is 26.2. The summed E-state index contributed by atoms with van der Waals surface area (Å²) in [6.45, 7) is 6.83. The zero-order valence-electron chi connectivity index (χ0n) is 21.9. The van der Waals surface area contributed by atoms with E-state index in [1.54, 1.807) is 0 Å². The van der Waals surface area contributed by atoms with Crippen LogP contribution in [0.15, 0.2) is 70.8 Å². The lowest BCUT2D eigenvalue weighted by Crippen LogP contribution is -2.02. The second-order valence-corrected chi connectivity index (χ2v) is 9.63. The van der Waals surface area contributed by atoms with Gasteiger partial charge < -0.3 is 14.4 Å². The summed E-state index contributed by atoms with van der Waals surface area (Å²) >= 11 is 0. The van der Waals surface area contributed by atoms with Crippen molar-refractivity contribution in [2.75, 3.05) is 6.61 Å². The van der Waals surface area contributed by atoms with Gasteiger partial charge in [0.15, 0.2) is 5.58 Å². The van der Waals surface area contributed by atoms with Gasteiger partial charge in [-0.25, -0.2) is 0 Å². The maximum absolute atomic E-state index is 11.1. The zero-order chi connectivity index (χ0) is 26.2. The van der Waals surface area contributed by atoms with Gasteiger partial charge >= 0.3 is 5.97 Å². The van der Waals surface area contributed by atoms with Crippen molar-refractivity contribution in [1.29, 1.82) is 0 Å². The predicted molar refractivity (Wildman–Crippen MR) is 148 cm³/mol. The molecule has 192 valence electrons. The Balaban J connectivity index is 1.44. The van der Waals surface area contributed by atoms with Crippen molar-refractivity contribution >= 4 is 23.0 Å². The average Bonchev–Trinajstić information content (AvgIpc) is 3.29. The molecule has 0 aliphatic heterocycles. The summed E-state index contributed by atoms with van der Waals surface area (Å²) in [5, 5.41) is 14.6. The summed E-state index contributed by atoms with van der Waals surface area (Å²) in [6, 6.07) is 20.4. The van der Waals surface area contributed by atoms with E-state index in [1.165, 1.54) is 11.1 Å². The highest BCUT2D eigenvalue weighted by Crippen LogP contribution is 2.32. The van der Waals surface area contributed by atoms with E-state index >= 15 is 0 Å². The second-order valence-electron chi connectivity index (χ2n) is 9.63. The number of aliphatic carboxylic acids is 1. The van der Waals surface area contributed by atoms with E-state index in [9.17, 15) is 4.79 Å². The Morgan fingerprint density at radius 2 is 1.84 bits per heavy atom. The molecule has 0 unspecified atom stereocenters. The molecule has 0 radical (unpaired) electrons. The van der Waals surface area contributed by atoms with Gasteiger partial charge in [-0.15, -0.1) is 0 Å². The van der Waals surface area contributed by atoms with E-state index in [1.807, 2.05) is 31.2 Å². The molecule has 1 N–H and O–H groups in total. The molecule has 4 rings (SSSR count). The molecule has 1 aromatic heterocycles. The van der Waals surface area contributed by atoms with Gasteiger partial charge in [0.05, 0.1) is 18.7 Å². The fourth-order valence-corrected chi connectivity index (χ4v) is 4.59. The summed E-state index contributed by atoms with van der Waals surface area (Å²) in [5.74, 6) is 0.0337. The quantitative estimate of drug-likeness (QED) is 0.221. The molecule has 5 nitrogen and oxygen atoms in total. The molecule has 5 heteroatoms. The molecule has 0 spiro atoms. The fourth-order valence-electron chi connectivity index (χ4n) is 4.59. The standard InChI is InChI=1S/C32H35NO4/c1-4-8-28-30(16-14-27-29(33-37-32(27)28)15-13-24-9-6-5-7-10-24)36-18-17-22(2)19-26-20-25(21-31(34)35)12-11-23(26)3/h5-7,9-12,14,16,19-20H,4,8,13,15,17-18,21H2,1-3H3,(H,34,35)/b22-19+. The van der Waals surface area contributed by atoms with Gasteiger partial charge in [0.2, 0.25) is 0 Å². The number of carbonyl (C=O) groups is 1. The summed E-state index contributed by atoms with van der Waals surface area (Å²) in [5.41, 5.74) is 8.35. The van der Waals surface area contributed by atoms with Crippen LogP contribution in [0.3, 0.4) is 0 Å². The Kier molecular flexibility index (Phi) is 8.78. The van der Waals surface area contributed by atoms with Gasteiger partial charge in [0.25, 0.3) is 0 Å². The van der Waals surface area contributed by atoms with Crippen LogP contribution in [0.1, 0.15) is 60.2 Å². The van der Waals surface area contributed by atoms with Crippen LogP contribution in [0.2, 0.25) is 0 Å². The highest BCUT2D eigenvalue weighted by molar-refractivity contribution is 5.84. The van der Waals surface area contributed by atoms with Gasteiger partial charge in [-0.05, 0) is 67.5 Å².